The van der Waals surface area contributed by atoms with Crippen molar-refractivity contribution < 1.29 is 19.4 Å². The van der Waals surface area contributed by atoms with Crippen LogP contribution in [0.25, 0.3) is 0 Å². The lowest BCUT2D eigenvalue weighted by Crippen LogP contribution is -2.36. The SMILES string of the molecule is COc1ccc([C@H](CC(=O)O)N2CCN(CCCc3ccc4c(n3)NCCC43CC3)C2=O)cn1. The summed E-state index contributed by atoms with van der Waals surface area (Å²) >= 11 is 0. The number of hydrogen-bond acceptors (Lipinski definition) is 6. The van der Waals surface area contributed by atoms with Gasteiger partial charge in [-0.15, -0.1) is 0 Å². The molecule has 2 N–H and O–H groups in total. The number of pyridine rings is 2. The summed E-state index contributed by atoms with van der Waals surface area (Å²) in [6, 6.07) is 7.14. The number of carboxylic acids is 1. The van der Waals surface area contributed by atoms with Crippen LogP contribution in [0.15, 0.2) is 30.5 Å². The molecule has 0 unspecified atom stereocenters. The van der Waals surface area contributed by atoms with Crippen molar-refractivity contribution in [3.63, 3.8) is 0 Å². The number of nitrogens with zero attached hydrogens (tertiary/aromatic N) is 4. The number of urea groups is 1. The summed E-state index contributed by atoms with van der Waals surface area (Å²) in [7, 11) is 1.53. The standard InChI is InChI=1S/C25H31N5O4/c1-34-21-7-4-17(16-27-21)20(15-22(31)32)30-14-13-29(24(30)33)12-2-3-18-5-6-19-23(28-18)26-11-10-25(19)8-9-25/h4-7,16,20H,2-3,8-15H2,1H3,(H,26,28)(H,31,32)/t20-/m0/s1. The smallest absolute Gasteiger partial charge is 0.320 e. The normalized spacial score (nSPS) is 19.0. The number of ether oxygens (including phenoxy) is 1. The molecule has 180 valence electrons. The Hall–Kier alpha value is -3.36. The number of aliphatic carboxylic acids is 1. The molecular weight excluding hydrogens is 434 g/mol. The number of rotatable bonds is 9. The van der Waals surface area contributed by atoms with Crippen molar-refractivity contribution in [2.75, 3.05) is 38.6 Å². The van der Waals surface area contributed by atoms with Gasteiger partial charge in [0.1, 0.15) is 5.82 Å². The highest BCUT2D eigenvalue weighted by atomic mass is 16.5. The highest BCUT2D eigenvalue weighted by Crippen LogP contribution is 2.54. The third kappa shape index (κ3) is 4.38. The number of fused-ring (bicyclic) bond motifs is 2. The third-order valence-corrected chi connectivity index (χ3v) is 7.36. The minimum atomic E-state index is -0.952. The number of nitrogens with one attached hydrogen (secondary N) is 1. The first kappa shape index (κ1) is 22.4. The minimum Gasteiger partial charge on any atom is -0.481 e. The van der Waals surface area contributed by atoms with Gasteiger partial charge in [0.15, 0.2) is 0 Å². The van der Waals surface area contributed by atoms with E-state index in [0.29, 0.717) is 36.5 Å². The fraction of sp³-hybridized carbons (Fsp3) is 0.520. The first-order valence-electron chi connectivity index (χ1n) is 12.0. The average Bonchev–Trinajstić information content (AvgIpc) is 3.52. The number of hydrogen-bond donors (Lipinski definition) is 2. The molecule has 34 heavy (non-hydrogen) atoms. The molecular formula is C25H31N5O4. The van der Waals surface area contributed by atoms with E-state index in [9.17, 15) is 14.7 Å². The molecule has 1 spiro atoms. The van der Waals surface area contributed by atoms with Crippen molar-refractivity contribution in [1.82, 2.24) is 19.8 Å². The van der Waals surface area contributed by atoms with Crippen molar-refractivity contribution in [3.8, 4) is 5.88 Å². The highest BCUT2D eigenvalue weighted by molar-refractivity contribution is 5.78. The fourth-order valence-corrected chi connectivity index (χ4v) is 5.26. The predicted octanol–water partition coefficient (Wildman–Crippen LogP) is 3.22. The zero-order valence-corrected chi connectivity index (χ0v) is 19.5. The number of carboxylic acid groups (broad SMARTS) is 1. The first-order chi connectivity index (χ1) is 16.5. The monoisotopic (exact) mass is 465 g/mol. The van der Waals surface area contributed by atoms with E-state index < -0.39 is 12.0 Å². The van der Waals surface area contributed by atoms with Gasteiger partial charge in [-0.2, -0.15) is 0 Å². The van der Waals surface area contributed by atoms with E-state index >= 15 is 0 Å². The van der Waals surface area contributed by atoms with Crippen molar-refractivity contribution in [2.45, 2.75) is 50.0 Å². The van der Waals surface area contributed by atoms with Gasteiger partial charge in [0, 0.05) is 55.1 Å². The average molecular weight is 466 g/mol. The van der Waals surface area contributed by atoms with Gasteiger partial charge in [-0.3, -0.25) is 4.79 Å². The van der Waals surface area contributed by atoms with Gasteiger partial charge in [0.05, 0.1) is 19.6 Å². The van der Waals surface area contributed by atoms with Crippen molar-refractivity contribution in [3.05, 3.63) is 47.3 Å². The van der Waals surface area contributed by atoms with Crippen LogP contribution >= 0.6 is 0 Å². The maximum Gasteiger partial charge on any atom is 0.320 e. The summed E-state index contributed by atoms with van der Waals surface area (Å²) in [4.78, 5) is 37.1. The second-order valence-corrected chi connectivity index (χ2v) is 9.47. The summed E-state index contributed by atoms with van der Waals surface area (Å²) in [6.07, 6.45) is 6.77. The summed E-state index contributed by atoms with van der Waals surface area (Å²) < 4.78 is 5.09. The summed E-state index contributed by atoms with van der Waals surface area (Å²) in [5, 5.41) is 12.9. The molecule has 2 amide bonds. The van der Waals surface area contributed by atoms with Crippen LogP contribution in [0.5, 0.6) is 5.88 Å². The number of carbonyl (C=O) groups excluding carboxylic acids is 1. The highest BCUT2D eigenvalue weighted by Gasteiger charge is 2.47. The summed E-state index contributed by atoms with van der Waals surface area (Å²) in [5.74, 6) is 0.534. The molecule has 4 heterocycles. The molecule has 0 radical (unpaired) electrons. The van der Waals surface area contributed by atoms with E-state index in [1.165, 1.54) is 31.9 Å². The van der Waals surface area contributed by atoms with Crippen LogP contribution in [-0.2, 0) is 16.6 Å². The van der Waals surface area contributed by atoms with Crippen LogP contribution in [0.2, 0.25) is 0 Å². The topological polar surface area (TPSA) is 108 Å². The van der Waals surface area contributed by atoms with Crippen LogP contribution in [0.1, 0.15) is 55.0 Å². The van der Waals surface area contributed by atoms with Crippen LogP contribution in [-0.4, -0.2) is 70.2 Å². The lowest BCUT2D eigenvalue weighted by atomic mass is 9.90. The number of aromatic nitrogens is 2. The number of carbonyl (C=O) groups is 2. The second kappa shape index (κ2) is 9.12. The Labute approximate surface area is 199 Å². The van der Waals surface area contributed by atoms with Gasteiger partial charge >= 0.3 is 12.0 Å². The largest absolute Gasteiger partial charge is 0.481 e. The van der Waals surface area contributed by atoms with Crippen LogP contribution < -0.4 is 10.1 Å². The number of aryl methyl sites for hydroxylation is 1. The maximum atomic E-state index is 13.1. The number of amides is 2. The van der Waals surface area contributed by atoms with Gasteiger partial charge in [0.2, 0.25) is 5.88 Å². The summed E-state index contributed by atoms with van der Waals surface area (Å²) in [6.45, 7) is 2.68. The van der Waals surface area contributed by atoms with Gasteiger partial charge < -0.3 is 25.0 Å². The Morgan fingerprint density at radius 3 is 2.79 bits per heavy atom. The maximum absolute atomic E-state index is 13.1. The van der Waals surface area contributed by atoms with Crippen LogP contribution in [0, 0.1) is 0 Å². The number of anilines is 1. The van der Waals surface area contributed by atoms with Crippen molar-refractivity contribution in [2.24, 2.45) is 0 Å². The predicted molar refractivity (Wildman–Crippen MR) is 126 cm³/mol. The second-order valence-electron chi connectivity index (χ2n) is 9.47. The molecule has 0 bridgehead atoms. The molecule has 1 saturated carbocycles. The lowest BCUT2D eigenvalue weighted by molar-refractivity contribution is -0.138. The van der Waals surface area contributed by atoms with E-state index in [0.717, 1.165) is 30.9 Å². The molecule has 9 nitrogen and oxygen atoms in total. The molecule has 1 atom stereocenters. The molecule has 1 saturated heterocycles. The summed E-state index contributed by atoms with van der Waals surface area (Å²) in [5.41, 5.74) is 3.48. The Morgan fingerprint density at radius 1 is 1.24 bits per heavy atom. The Bertz CT molecular complexity index is 1070. The van der Waals surface area contributed by atoms with E-state index in [-0.39, 0.29) is 12.5 Å². The van der Waals surface area contributed by atoms with Crippen LogP contribution in [0.4, 0.5) is 10.6 Å². The van der Waals surface area contributed by atoms with E-state index in [1.807, 2.05) is 4.90 Å². The Balaban J connectivity index is 1.20. The zero-order chi connectivity index (χ0) is 23.7. The number of methoxy groups -OCH3 is 1. The molecule has 2 fully saturated rings. The third-order valence-electron chi connectivity index (χ3n) is 7.36. The Morgan fingerprint density at radius 2 is 2.09 bits per heavy atom. The van der Waals surface area contributed by atoms with Gasteiger partial charge in [0.25, 0.3) is 0 Å². The van der Waals surface area contributed by atoms with Gasteiger partial charge in [-0.1, -0.05) is 12.1 Å². The molecule has 2 aromatic rings. The Kier molecular flexibility index (Phi) is 6.02. The van der Waals surface area contributed by atoms with Crippen LogP contribution in [0.3, 0.4) is 0 Å². The first-order valence-corrected chi connectivity index (χ1v) is 12.0. The molecule has 9 heteroatoms. The minimum absolute atomic E-state index is 0.127. The molecule has 2 aromatic heterocycles. The lowest BCUT2D eigenvalue weighted by Gasteiger charge is -2.27. The van der Waals surface area contributed by atoms with Crippen molar-refractivity contribution in [1.29, 1.82) is 0 Å². The molecule has 1 aliphatic carbocycles. The molecule has 2 aliphatic heterocycles. The van der Waals surface area contributed by atoms with Gasteiger partial charge in [-0.05, 0) is 43.7 Å². The van der Waals surface area contributed by atoms with Gasteiger partial charge in [-0.25, -0.2) is 14.8 Å². The molecule has 0 aromatic carbocycles. The van der Waals surface area contributed by atoms with E-state index in [2.05, 4.69) is 22.4 Å². The molecule has 3 aliphatic rings. The zero-order valence-electron chi connectivity index (χ0n) is 19.5. The van der Waals surface area contributed by atoms with E-state index in [1.54, 1.807) is 23.2 Å². The molecule has 5 rings (SSSR count). The van der Waals surface area contributed by atoms with E-state index in [4.69, 9.17) is 9.72 Å². The fourth-order valence-electron chi connectivity index (χ4n) is 5.26. The quantitative estimate of drug-likeness (QED) is 0.585. The van der Waals surface area contributed by atoms with Crippen molar-refractivity contribution >= 4 is 17.8 Å².